The molecule has 108 valence electrons. The van der Waals surface area contributed by atoms with Gasteiger partial charge < -0.3 is 5.73 Å². The fourth-order valence-corrected chi connectivity index (χ4v) is 2.56. The van der Waals surface area contributed by atoms with Crippen molar-refractivity contribution in [2.75, 3.05) is 6.54 Å². The van der Waals surface area contributed by atoms with Crippen molar-refractivity contribution >= 4 is 28.3 Å². The second kappa shape index (κ2) is 7.21. The molecule has 0 radical (unpaired) electrons. The minimum atomic E-state index is -0.212. The van der Waals surface area contributed by atoms with Crippen LogP contribution in [0.2, 0.25) is 0 Å². The number of rotatable bonds is 4. The molecule has 1 atom stereocenters. The van der Waals surface area contributed by atoms with E-state index in [-0.39, 0.29) is 22.5 Å². The van der Waals surface area contributed by atoms with Gasteiger partial charge in [0, 0.05) is 4.32 Å². The van der Waals surface area contributed by atoms with Crippen molar-refractivity contribution in [3.05, 3.63) is 59.9 Å². The molecule has 2 N–H and O–H groups in total. The van der Waals surface area contributed by atoms with E-state index in [0.29, 0.717) is 6.54 Å². The molecule has 0 bridgehead atoms. The molecule has 2 rings (SSSR count). The van der Waals surface area contributed by atoms with Gasteiger partial charge in [0.1, 0.15) is 5.82 Å². The molecule has 20 heavy (non-hydrogen) atoms. The van der Waals surface area contributed by atoms with Crippen LogP contribution in [0.15, 0.2) is 48.5 Å². The second-order valence-corrected chi connectivity index (χ2v) is 6.57. The molecule has 0 aromatic heterocycles. The van der Waals surface area contributed by atoms with Crippen LogP contribution in [-0.4, -0.2) is 6.54 Å². The predicted octanol–water partition coefficient (Wildman–Crippen LogP) is 4.87. The first-order chi connectivity index (χ1) is 9.03. The Labute approximate surface area is 133 Å². The number of benzene rings is 2. The van der Waals surface area contributed by atoms with E-state index in [1.54, 1.807) is 12.1 Å². The molecule has 0 aliphatic carbocycles. The topological polar surface area (TPSA) is 26.0 Å². The second-order valence-electron chi connectivity index (χ2n) is 4.82. The largest absolute Gasteiger partial charge is 0.330 e. The van der Waals surface area contributed by atoms with E-state index >= 15 is 0 Å². The van der Waals surface area contributed by atoms with Crippen molar-refractivity contribution in [2.45, 2.75) is 17.7 Å². The molecule has 0 aliphatic rings. The third-order valence-corrected chi connectivity index (χ3v) is 4.13. The minimum absolute atomic E-state index is 0. The summed E-state index contributed by atoms with van der Waals surface area (Å²) in [4.78, 5) is 0. The molecule has 4 heteroatoms. The molecule has 2 aromatic carbocycles. The zero-order chi connectivity index (χ0) is 13.9. The summed E-state index contributed by atoms with van der Waals surface area (Å²) in [6.45, 7) is 2.76. The molecule has 0 amide bonds. The summed E-state index contributed by atoms with van der Waals surface area (Å²) >= 11 is 3.71. The lowest BCUT2D eigenvalue weighted by Gasteiger charge is -2.22. The molecule has 0 heterocycles. The monoisotopic (exact) mass is 357 g/mol. The maximum Gasteiger partial charge on any atom is 0.123 e. The van der Waals surface area contributed by atoms with Crippen LogP contribution in [0.5, 0.6) is 0 Å². The quantitative estimate of drug-likeness (QED) is 0.775. The Morgan fingerprint density at radius 3 is 1.90 bits per heavy atom. The average Bonchev–Trinajstić information content (AvgIpc) is 2.40. The Morgan fingerprint density at radius 1 is 1.00 bits per heavy atom. The normalized spacial score (nSPS) is 13.4. The zero-order valence-electron chi connectivity index (χ0n) is 11.3. The first-order valence-corrected chi connectivity index (χ1v) is 7.08. The van der Waals surface area contributed by atoms with Crippen LogP contribution in [0.3, 0.4) is 0 Å². The van der Waals surface area contributed by atoms with Crippen LogP contribution in [0.25, 0.3) is 11.1 Å². The lowest BCUT2D eigenvalue weighted by Crippen LogP contribution is -2.18. The van der Waals surface area contributed by atoms with Crippen LogP contribution in [0.1, 0.15) is 18.9 Å². The van der Waals surface area contributed by atoms with Gasteiger partial charge in [-0.3, -0.25) is 0 Å². The van der Waals surface area contributed by atoms with Gasteiger partial charge in [-0.2, -0.15) is 0 Å². The van der Waals surface area contributed by atoms with E-state index in [9.17, 15) is 4.39 Å². The van der Waals surface area contributed by atoms with Crippen LogP contribution >= 0.6 is 28.3 Å². The zero-order valence-corrected chi connectivity index (χ0v) is 13.7. The molecule has 0 aliphatic heterocycles. The molecule has 1 nitrogen and oxygen atoms in total. The number of alkyl halides is 1. The summed E-state index contributed by atoms with van der Waals surface area (Å²) in [6, 6.07) is 14.8. The van der Waals surface area contributed by atoms with Crippen molar-refractivity contribution in [3.8, 4) is 11.1 Å². The van der Waals surface area contributed by atoms with Crippen LogP contribution < -0.4 is 5.73 Å². The van der Waals surface area contributed by atoms with Crippen LogP contribution in [0.4, 0.5) is 4.39 Å². The average molecular weight is 359 g/mol. The molecule has 1 unspecified atom stereocenters. The fourth-order valence-electron chi connectivity index (χ4n) is 2.07. The van der Waals surface area contributed by atoms with Gasteiger partial charge in [0.25, 0.3) is 0 Å². The Hall–Kier alpha value is -0.900. The van der Waals surface area contributed by atoms with Gasteiger partial charge >= 0.3 is 0 Å². The number of halogens is 3. The summed E-state index contributed by atoms with van der Waals surface area (Å²) in [5.41, 5.74) is 8.92. The van der Waals surface area contributed by atoms with Gasteiger partial charge in [-0.1, -0.05) is 52.3 Å². The summed E-state index contributed by atoms with van der Waals surface area (Å²) in [6.07, 6.45) is 0.878. The number of hydrogen-bond donors (Lipinski definition) is 1. The molecular weight excluding hydrogens is 341 g/mol. The predicted molar refractivity (Wildman–Crippen MR) is 89.0 cm³/mol. The maximum atomic E-state index is 12.9. The van der Waals surface area contributed by atoms with Gasteiger partial charge in [0.2, 0.25) is 0 Å². The Morgan fingerprint density at radius 2 is 1.45 bits per heavy atom. The Bertz CT molecular complexity index is 537. The van der Waals surface area contributed by atoms with E-state index in [1.165, 1.54) is 17.7 Å². The molecule has 0 saturated heterocycles. The lowest BCUT2D eigenvalue weighted by molar-refractivity contribution is 0.628. The molecule has 2 aromatic rings. The number of hydrogen-bond acceptors (Lipinski definition) is 1. The highest BCUT2D eigenvalue weighted by molar-refractivity contribution is 9.09. The van der Waals surface area contributed by atoms with Crippen molar-refractivity contribution in [2.24, 2.45) is 5.73 Å². The lowest BCUT2D eigenvalue weighted by atomic mass is 9.95. The maximum absolute atomic E-state index is 12.9. The number of nitrogens with two attached hydrogens (primary N) is 1. The fraction of sp³-hybridized carbons (Fsp3) is 0.250. The highest BCUT2D eigenvalue weighted by Crippen LogP contribution is 2.34. The standard InChI is InChI=1S/C16H17BrFN.ClH/c1-16(17,10-11-19)14-6-2-12(3-7-14)13-4-8-15(18)9-5-13;/h2-9H,10-11,19H2,1H3;1H. The third-order valence-electron chi connectivity index (χ3n) is 3.28. The summed E-state index contributed by atoms with van der Waals surface area (Å²) in [5.74, 6) is -0.212. The first-order valence-electron chi connectivity index (χ1n) is 6.28. The van der Waals surface area contributed by atoms with E-state index < -0.39 is 0 Å². The van der Waals surface area contributed by atoms with Crippen molar-refractivity contribution in [1.29, 1.82) is 0 Å². The van der Waals surface area contributed by atoms with Gasteiger partial charge in [-0.15, -0.1) is 12.4 Å². The highest BCUT2D eigenvalue weighted by Gasteiger charge is 2.21. The minimum Gasteiger partial charge on any atom is -0.330 e. The SMILES string of the molecule is CC(Br)(CCN)c1ccc(-c2ccc(F)cc2)cc1.Cl. The summed E-state index contributed by atoms with van der Waals surface area (Å²) in [5, 5.41) is 0. The van der Waals surface area contributed by atoms with Crippen LogP contribution in [-0.2, 0) is 4.32 Å². The molecule has 0 spiro atoms. The van der Waals surface area contributed by atoms with Crippen molar-refractivity contribution in [3.63, 3.8) is 0 Å². The molecule has 0 saturated carbocycles. The molecular formula is C16H18BrClFN. The van der Waals surface area contributed by atoms with Crippen molar-refractivity contribution in [1.82, 2.24) is 0 Å². The summed E-state index contributed by atoms with van der Waals surface area (Å²) < 4.78 is 12.8. The third kappa shape index (κ3) is 4.05. The highest BCUT2D eigenvalue weighted by atomic mass is 79.9. The van der Waals surface area contributed by atoms with E-state index in [4.69, 9.17) is 5.73 Å². The van der Waals surface area contributed by atoms with Crippen LogP contribution in [0, 0.1) is 5.82 Å². The van der Waals surface area contributed by atoms with Gasteiger partial charge in [-0.25, -0.2) is 4.39 Å². The Balaban J connectivity index is 0.00000200. The van der Waals surface area contributed by atoms with Gasteiger partial charge in [0.15, 0.2) is 0 Å². The van der Waals surface area contributed by atoms with E-state index in [0.717, 1.165) is 17.5 Å². The Kier molecular flexibility index (Phi) is 6.18. The smallest absolute Gasteiger partial charge is 0.123 e. The van der Waals surface area contributed by atoms with Gasteiger partial charge in [0.05, 0.1) is 0 Å². The summed E-state index contributed by atoms with van der Waals surface area (Å²) in [7, 11) is 0. The van der Waals surface area contributed by atoms with E-state index in [2.05, 4.69) is 47.1 Å². The molecule has 0 fully saturated rings. The van der Waals surface area contributed by atoms with E-state index in [1.807, 2.05) is 0 Å². The van der Waals surface area contributed by atoms with Gasteiger partial charge in [-0.05, 0) is 48.7 Å². The van der Waals surface area contributed by atoms with Crippen molar-refractivity contribution < 1.29 is 4.39 Å². The first kappa shape index (κ1) is 17.2.